The zero-order chi connectivity index (χ0) is 30.1. The van der Waals surface area contributed by atoms with E-state index in [-0.39, 0.29) is 0 Å². The Morgan fingerprint density at radius 2 is 1.16 bits per heavy atom. The minimum Gasteiger partial charge on any atom is -0.493 e. The number of ether oxygens (including phenoxy) is 2. The molecule has 1 aliphatic rings. The number of rotatable bonds is 9. The Morgan fingerprint density at radius 1 is 0.651 bits per heavy atom. The van der Waals surface area contributed by atoms with Crippen LogP contribution in [0.4, 0.5) is 11.4 Å². The highest BCUT2D eigenvalue weighted by Crippen LogP contribution is 2.38. The Labute approximate surface area is 256 Å². The third kappa shape index (κ3) is 5.72. The quantitative estimate of drug-likeness (QED) is 0.130. The van der Waals surface area contributed by atoms with Gasteiger partial charge in [-0.05, 0) is 102 Å². The van der Waals surface area contributed by atoms with E-state index in [9.17, 15) is 0 Å². The first-order valence-electron chi connectivity index (χ1n) is 15.3. The molecule has 0 aliphatic carbocycles. The Bertz CT molecular complexity index is 1720. The van der Waals surface area contributed by atoms with Crippen molar-refractivity contribution in [3.8, 4) is 5.75 Å². The topological polar surface area (TPSA) is 24.9 Å². The van der Waals surface area contributed by atoms with Gasteiger partial charge in [-0.25, -0.2) is 0 Å². The van der Waals surface area contributed by atoms with Crippen molar-refractivity contribution in [1.82, 2.24) is 0 Å². The van der Waals surface area contributed by atoms with Gasteiger partial charge >= 0.3 is 0 Å². The van der Waals surface area contributed by atoms with Gasteiger partial charge in [0.05, 0.1) is 19.8 Å². The van der Waals surface area contributed by atoms with Crippen molar-refractivity contribution in [2.75, 3.05) is 36.1 Å². The molecule has 1 saturated heterocycles. The highest BCUT2D eigenvalue weighted by atomic mass is 16.5. The summed E-state index contributed by atoms with van der Waals surface area (Å²) in [7, 11) is 0. The van der Waals surface area contributed by atoms with Crippen LogP contribution in [-0.4, -0.2) is 26.3 Å². The minimum absolute atomic E-state index is 0.590. The molecule has 4 nitrogen and oxygen atoms in total. The van der Waals surface area contributed by atoms with Gasteiger partial charge in [0, 0.05) is 30.9 Å². The second-order valence-electron chi connectivity index (χ2n) is 11.9. The van der Waals surface area contributed by atoms with Gasteiger partial charge in [0.25, 0.3) is 0 Å². The molecule has 6 rings (SSSR count). The second-order valence-corrected chi connectivity index (χ2v) is 11.9. The molecule has 0 bridgehead atoms. The average molecular weight is 571 g/mol. The number of hydrogen-bond donors (Lipinski definition) is 0. The molecule has 0 atom stereocenters. The van der Waals surface area contributed by atoms with Gasteiger partial charge in [-0.2, -0.15) is 0 Å². The van der Waals surface area contributed by atoms with Crippen molar-refractivity contribution in [2.45, 2.75) is 47.6 Å². The maximum atomic E-state index is 6.21. The normalized spacial score (nSPS) is 13.5. The zero-order valence-electron chi connectivity index (χ0n) is 26.2. The van der Waals surface area contributed by atoms with Gasteiger partial charge in [-0.3, -0.25) is 0 Å². The molecule has 0 saturated carbocycles. The van der Waals surface area contributed by atoms with Crippen LogP contribution in [0.25, 0.3) is 21.5 Å². The van der Waals surface area contributed by atoms with E-state index in [0.29, 0.717) is 19.8 Å². The number of aryl methyl sites for hydroxylation is 5. The van der Waals surface area contributed by atoms with E-state index < -0.39 is 0 Å². The number of hydrogen-bond acceptors (Lipinski definition) is 4. The van der Waals surface area contributed by atoms with E-state index in [2.05, 4.69) is 130 Å². The summed E-state index contributed by atoms with van der Waals surface area (Å²) in [5, 5.41) is 5.03. The fraction of sp³-hybridized carbons (Fsp3) is 0.282. The van der Waals surface area contributed by atoms with Crippen LogP contribution in [0, 0.1) is 34.6 Å². The molecule has 43 heavy (non-hydrogen) atoms. The second kappa shape index (κ2) is 12.1. The summed E-state index contributed by atoms with van der Waals surface area (Å²) in [5.74, 6) is 1.94. The van der Waals surface area contributed by atoms with E-state index in [1.54, 1.807) is 0 Å². The predicted molar refractivity (Wildman–Crippen MR) is 182 cm³/mol. The molecule has 0 amide bonds. The Kier molecular flexibility index (Phi) is 8.14. The van der Waals surface area contributed by atoms with Crippen LogP contribution in [0.5, 0.6) is 5.75 Å². The average Bonchev–Trinajstić information content (AvgIpc) is 3.33. The van der Waals surface area contributed by atoms with Gasteiger partial charge in [0.1, 0.15) is 11.6 Å². The van der Waals surface area contributed by atoms with Crippen molar-refractivity contribution in [3.05, 3.63) is 125 Å². The van der Waals surface area contributed by atoms with Crippen LogP contribution in [-0.2, 0) is 11.3 Å². The first-order valence-corrected chi connectivity index (χ1v) is 15.3. The van der Waals surface area contributed by atoms with Crippen molar-refractivity contribution in [3.63, 3.8) is 0 Å². The zero-order valence-corrected chi connectivity index (χ0v) is 26.2. The van der Waals surface area contributed by atoms with Crippen LogP contribution < -0.4 is 14.5 Å². The molecule has 0 N–H and O–H groups in total. The van der Waals surface area contributed by atoms with Crippen molar-refractivity contribution in [2.24, 2.45) is 0 Å². The summed E-state index contributed by atoms with van der Waals surface area (Å²) < 4.78 is 12.4. The summed E-state index contributed by atoms with van der Waals surface area (Å²) in [6.07, 6.45) is 0.829. The van der Waals surface area contributed by atoms with Crippen LogP contribution in [0.15, 0.2) is 91.3 Å². The van der Waals surface area contributed by atoms with Gasteiger partial charge in [0.2, 0.25) is 0 Å². The Balaban J connectivity index is 1.07. The number of nitrogens with zero attached hydrogens (tertiary/aromatic N) is 2. The molecule has 0 radical (unpaired) electrons. The molecule has 0 unspecified atom stereocenters. The van der Waals surface area contributed by atoms with Crippen molar-refractivity contribution in [1.29, 1.82) is 0 Å². The lowest BCUT2D eigenvalue weighted by Crippen LogP contribution is -2.24. The molecular weight excluding hydrogens is 528 g/mol. The fourth-order valence-corrected chi connectivity index (χ4v) is 6.90. The summed E-state index contributed by atoms with van der Waals surface area (Å²) in [5.41, 5.74) is 10.1. The SMILES string of the molecule is C=C1N(c2c(C)cc(C)cc2C)CCN1c1c(C)cc(OCCCOCc2c3ccccc3cc3ccccc23)cc1C. The molecule has 5 aromatic carbocycles. The van der Waals surface area contributed by atoms with Gasteiger partial charge < -0.3 is 19.3 Å². The lowest BCUT2D eigenvalue weighted by molar-refractivity contribution is 0.108. The minimum atomic E-state index is 0.590. The van der Waals surface area contributed by atoms with Gasteiger partial charge in [0.15, 0.2) is 0 Å². The van der Waals surface area contributed by atoms with E-state index in [1.807, 2.05) is 0 Å². The van der Waals surface area contributed by atoms with Gasteiger partial charge in [-0.15, -0.1) is 0 Å². The molecule has 1 fully saturated rings. The Morgan fingerprint density at radius 3 is 1.72 bits per heavy atom. The first kappa shape index (κ1) is 28.8. The molecule has 0 aromatic heterocycles. The fourth-order valence-electron chi connectivity index (χ4n) is 6.90. The maximum Gasteiger partial charge on any atom is 0.119 e. The highest BCUT2D eigenvalue weighted by Gasteiger charge is 2.29. The Hall–Kier alpha value is -4.28. The van der Waals surface area contributed by atoms with Crippen LogP contribution in [0.3, 0.4) is 0 Å². The van der Waals surface area contributed by atoms with Crippen molar-refractivity contribution < 1.29 is 9.47 Å². The largest absolute Gasteiger partial charge is 0.493 e. The molecule has 4 heteroatoms. The number of fused-ring (bicyclic) bond motifs is 2. The van der Waals surface area contributed by atoms with E-state index >= 15 is 0 Å². The molecular formula is C39H42N2O2. The number of anilines is 2. The lowest BCUT2D eigenvalue weighted by Gasteiger charge is -2.29. The maximum absolute atomic E-state index is 6.21. The summed E-state index contributed by atoms with van der Waals surface area (Å²) in [4.78, 5) is 4.73. The number of benzene rings is 5. The monoisotopic (exact) mass is 570 g/mol. The standard InChI is InChI=1S/C39H42N2O2/c1-26-20-27(2)38(28(3)21-26)40-16-17-41(31(40)6)39-29(4)22-34(23-30(39)5)43-19-11-18-42-25-37-35-14-9-7-12-32(35)24-33-13-8-10-15-36(33)37/h7-10,12-15,20-24H,6,11,16-19,25H2,1-5H3. The van der Waals surface area contributed by atoms with E-state index in [4.69, 9.17) is 9.47 Å². The van der Waals surface area contributed by atoms with Crippen LogP contribution in [0.1, 0.15) is 39.8 Å². The van der Waals surface area contributed by atoms with Gasteiger partial charge in [-0.1, -0.05) is 72.8 Å². The van der Waals surface area contributed by atoms with Crippen LogP contribution in [0.2, 0.25) is 0 Å². The molecule has 0 spiro atoms. The smallest absolute Gasteiger partial charge is 0.119 e. The van der Waals surface area contributed by atoms with E-state index in [1.165, 1.54) is 66.3 Å². The summed E-state index contributed by atoms with van der Waals surface area (Å²) in [6, 6.07) is 28.2. The summed E-state index contributed by atoms with van der Waals surface area (Å²) >= 11 is 0. The summed E-state index contributed by atoms with van der Waals surface area (Å²) in [6.45, 7) is 19.1. The molecule has 220 valence electrons. The third-order valence-corrected chi connectivity index (χ3v) is 8.64. The van der Waals surface area contributed by atoms with E-state index in [0.717, 1.165) is 31.1 Å². The predicted octanol–water partition coefficient (Wildman–Crippen LogP) is 9.32. The van der Waals surface area contributed by atoms with Crippen molar-refractivity contribution >= 4 is 32.9 Å². The third-order valence-electron chi connectivity index (χ3n) is 8.64. The molecule has 5 aromatic rings. The highest BCUT2D eigenvalue weighted by molar-refractivity contribution is 6.02. The molecule has 1 aliphatic heterocycles. The molecule has 1 heterocycles. The first-order chi connectivity index (χ1) is 20.8. The lowest BCUT2D eigenvalue weighted by atomic mass is 9.97. The van der Waals surface area contributed by atoms with Crippen LogP contribution >= 0.6 is 0 Å².